The van der Waals surface area contributed by atoms with Gasteiger partial charge in [-0.05, 0) is 62.1 Å². The minimum atomic E-state index is 0.624. The summed E-state index contributed by atoms with van der Waals surface area (Å²) in [4.78, 5) is 7.05. The maximum absolute atomic E-state index is 5.46. The van der Waals surface area contributed by atoms with Crippen LogP contribution in [0.25, 0.3) is 0 Å². The molecule has 1 saturated heterocycles. The molecule has 23 heavy (non-hydrogen) atoms. The first kappa shape index (κ1) is 14.9. The Kier molecular flexibility index (Phi) is 4.17. The molecule has 2 heterocycles. The Bertz CT molecular complexity index is 662. The number of nitrogens with zero attached hydrogens (tertiary/aromatic N) is 3. The molecule has 2 aromatic rings. The maximum Gasteiger partial charge on any atom is 0.240 e. The Balaban J connectivity index is 1.39. The third-order valence-electron chi connectivity index (χ3n) is 5.17. The van der Waals surface area contributed by atoms with Gasteiger partial charge >= 0.3 is 0 Å². The highest BCUT2D eigenvalue weighted by molar-refractivity contribution is 5.29. The van der Waals surface area contributed by atoms with E-state index in [0.717, 1.165) is 43.7 Å². The second-order valence-electron chi connectivity index (χ2n) is 7.18. The van der Waals surface area contributed by atoms with Gasteiger partial charge in [0.05, 0.1) is 6.54 Å². The maximum atomic E-state index is 5.46. The summed E-state index contributed by atoms with van der Waals surface area (Å²) in [5.41, 5.74) is 2.90. The van der Waals surface area contributed by atoms with Crippen molar-refractivity contribution in [1.29, 1.82) is 0 Å². The summed E-state index contributed by atoms with van der Waals surface area (Å²) in [5, 5.41) is 4.14. The molecule has 122 valence electrons. The second-order valence-corrected chi connectivity index (χ2v) is 7.18. The minimum absolute atomic E-state index is 0.624. The van der Waals surface area contributed by atoms with Crippen molar-refractivity contribution in [2.75, 3.05) is 13.1 Å². The van der Waals surface area contributed by atoms with Crippen LogP contribution in [0, 0.1) is 12.8 Å². The van der Waals surface area contributed by atoms with Gasteiger partial charge in [0.15, 0.2) is 5.82 Å². The first-order valence-corrected chi connectivity index (χ1v) is 8.87. The lowest BCUT2D eigenvalue weighted by molar-refractivity contribution is 0.177. The summed E-state index contributed by atoms with van der Waals surface area (Å²) in [6.45, 7) is 5.23. The summed E-state index contributed by atoms with van der Waals surface area (Å²) in [6.07, 6.45) is 6.16. The van der Waals surface area contributed by atoms with Crippen molar-refractivity contribution in [3.05, 3.63) is 47.1 Å². The van der Waals surface area contributed by atoms with E-state index < -0.39 is 0 Å². The van der Waals surface area contributed by atoms with Crippen LogP contribution in [-0.4, -0.2) is 28.1 Å². The molecule has 1 aromatic heterocycles. The van der Waals surface area contributed by atoms with Crippen LogP contribution in [-0.2, 0) is 13.0 Å². The zero-order valence-corrected chi connectivity index (χ0v) is 13.9. The molecule has 2 fully saturated rings. The van der Waals surface area contributed by atoms with Gasteiger partial charge in [-0.2, -0.15) is 4.98 Å². The first-order chi connectivity index (χ1) is 11.3. The number of hydrogen-bond donors (Lipinski definition) is 0. The molecule has 1 saturated carbocycles. The van der Waals surface area contributed by atoms with Crippen LogP contribution in [0.2, 0.25) is 0 Å². The van der Waals surface area contributed by atoms with E-state index in [9.17, 15) is 0 Å². The standard InChI is InChI=1S/C19H25N3O/c1-14-5-2-3-7-17(14)16-6-4-10-22(12-16)13-19-20-18(21-23-19)11-15-8-9-15/h2-3,5,7,15-16H,4,6,8-13H2,1H3/t16-/m1/s1. The normalized spacial score (nSPS) is 22.4. The van der Waals surface area contributed by atoms with E-state index in [1.54, 1.807) is 0 Å². The minimum Gasteiger partial charge on any atom is -0.338 e. The highest BCUT2D eigenvalue weighted by Gasteiger charge is 2.26. The molecule has 4 nitrogen and oxygen atoms in total. The summed E-state index contributed by atoms with van der Waals surface area (Å²) in [5.74, 6) is 3.11. The molecule has 4 rings (SSSR count). The van der Waals surface area contributed by atoms with Gasteiger partial charge in [-0.15, -0.1) is 0 Å². The molecular formula is C19H25N3O. The van der Waals surface area contributed by atoms with E-state index >= 15 is 0 Å². The van der Waals surface area contributed by atoms with E-state index in [1.165, 1.54) is 36.8 Å². The summed E-state index contributed by atoms with van der Waals surface area (Å²) >= 11 is 0. The van der Waals surface area contributed by atoms with Crippen molar-refractivity contribution in [2.24, 2.45) is 5.92 Å². The van der Waals surface area contributed by atoms with E-state index in [4.69, 9.17) is 4.52 Å². The van der Waals surface area contributed by atoms with Crippen molar-refractivity contribution in [3.63, 3.8) is 0 Å². The highest BCUT2D eigenvalue weighted by atomic mass is 16.5. The van der Waals surface area contributed by atoms with Crippen LogP contribution in [0.15, 0.2) is 28.8 Å². The van der Waals surface area contributed by atoms with Crippen LogP contribution in [0.3, 0.4) is 0 Å². The molecular weight excluding hydrogens is 286 g/mol. The van der Waals surface area contributed by atoms with E-state index in [-0.39, 0.29) is 0 Å². The van der Waals surface area contributed by atoms with Crippen LogP contribution in [0.4, 0.5) is 0 Å². The zero-order valence-electron chi connectivity index (χ0n) is 13.9. The van der Waals surface area contributed by atoms with Gasteiger partial charge in [0.2, 0.25) is 5.89 Å². The van der Waals surface area contributed by atoms with Gasteiger partial charge in [0.25, 0.3) is 0 Å². The fourth-order valence-corrected chi connectivity index (χ4v) is 3.71. The fraction of sp³-hybridized carbons (Fsp3) is 0.579. The molecule has 0 unspecified atom stereocenters. The van der Waals surface area contributed by atoms with E-state index in [2.05, 4.69) is 46.2 Å². The average molecular weight is 311 g/mol. The monoisotopic (exact) mass is 311 g/mol. The van der Waals surface area contributed by atoms with Crippen molar-refractivity contribution in [1.82, 2.24) is 15.0 Å². The Morgan fingerprint density at radius 1 is 1.22 bits per heavy atom. The Morgan fingerprint density at radius 2 is 2.09 bits per heavy atom. The first-order valence-electron chi connectivity index (χ1n) is 8.87. The molecule has 4 heteroatoms. The lowest BCUT2D eigenvalue weighted by Gasteiger charge is -2.32. The van der Waals surface area contributed by atoms with E-state index in [1.807, 2.05) is 0 Å². The number of aryl methyl sites for hydroxylation is 1. The van der Waals surface area contributed by atoms with Crippen molar-refractivity contribution in [2.45, 2.75) is 51.5 Å². The number of rotatable bonds is 5. The molecule has 1 aliphatic heterocycles. The fourth-order valence-electron chi connectivity index (χ4n) is 3.71. The molecule has 0 N–H and O–H groups in total. The average Bonchev–Trinajstić information content (AvgIpc) is 3.27. The molecule has 1 aliphatic carbocycles. The van der Waals surface area contributed by atoms with Gasteiger partial charge < -0.3 is 4.52 Å². The third-order valence-corrected chi connectivity index (χ3v) is 5.17. The lowest BCUT2D eigenvalue weighted by atomic mass is 9.88. The summed E-state index contributed by atoms with van der Waals surface area (Å²) in [6, 6.07) is 8.78. The zero-order chi connectivity index (χ0) is 15.6. The van der Waals surface area contributed by atoms with Crippen molar-refractivity contribution in [3.8, 4) is 0 Å². The number of aromatic nitrogens is 2. The molecule has 0 spiro atoms. The van der Waals surface area contributed by atoms with Crippen molar-refractivity contribution >= 4 is 0 Å². The van der Waals surface area contributed by atoms with Crippen LogP contribution in [0.1, 0.15) is 54.4 Å². The lowest BCUT2D eigenvalue weighted by Crippen LogP contribution is -2.34. The number of likely N-dealkylation sites (tertiary alicyclic amines) is 1. The summed E-state index contributed by atoms with van der Waals surface area (Å²) < 4.78 is 5.46. The van der Waals surface area contributed by atoms with Gasteiger partial charge in [-0.1, -0.05) is 29.4 Å². The topological polar surface area (TPSA) is 42.2 Å². The quantitative estimate of drug-likeness (QED) is 0.844. The predicted octanol–water partition coefficient (Wildman–Crippen LogP) is 3.71. The number of piperidine rings is 1. The summed E-state index contributed by atoms with van der Waals surface area (Å²) in [7, 11) is 0. The van der Waals surface area contributed by atoms with Crippen LogP contribution < -0.4 is 0 Å². The smallest absolute Gasteiger partial charge is 0.240 e. The molecule has 1 aromatic carbocycles. The van der Waals surface area contributed by atoms with Gasteiger partial charge in [0, 0.05) is 13.0 Å². The van der Waals surface area contributed by atoms with Crippen LogP contribution in [0.5, 0.6) is 0 Å². The van der Waals surface area contributed by atoms with Gasteiger partial charge in [0.1, 0.15) is 0 Å². The second kappa shape index (κ2) is 6.44. The Hall–Kier alpha value is -1.68. The number of benzene rings is 1. The highest BCUT2D eigenvalue weighted by Crippen LogP contribution is 2.32. The number of hydrogen-bond acceptors (Lipinski definition) is 4. The predicted molar refractivity (Wildman–Crippen MR) is 89.2 cm³/mol. The largest absolute Gasteiger partial charge is 0.338 e. The molecule has 2 aliphatic rings. The molecule has 0 amide bonds. The van der Waals surface area contributed by atoms with Crippen molar-refractivity contribution < 1.29 is 4.52 Å². The Morgan fingerprint density at radius 3 is 2.91 bits per heavy atom. The molecule has 0 radical (unpaired) electrons. The van der Waals surface area contributed by atoms with E-state index in [0.29, 0.717) is 5.92 Å². The third kappa shape index (κ3) is 3.63. The molecule has 1 atom stereocenters. The molecule has 0 bridgehead atoms. The SMILES string of the molecule is Cc1ccccc1[C@@H]1CCCN(Cc2nc(CC3CC3)no2)C1. The van der Waals surface area contributed by atoms with Gasteiger partial charge in [-0.25, -0.2) is 0 Å². The Labute approximate surface area is 137 Å². The van der Waals surface area contributed by atoms with Crippen LogP contribution >= 0.6 is 0 Å². The van der Waals surface area contributed by atoms with Gasteiger partial charge in [-0.3, -0.25) is 4.90 Å².